The Morgan fingerprint density at radius 2 is 1.82 bits per heavy atom. The van der Waals surface area contributed by atoms with Crippen LogP contribution in [0.1, 0.15) is 48.4 Å². The van der Waals surface area contributed by atoms with E-state index in [1.165, 1.54) is 18.2 Å². The van der Waals surface area contributed by atoms with Crippen LogP contribution < -0.4 is 14.2 Å². The molecule has 0 saturated carbocycles. The van der Waals surface area contributed by atoms with Gasteiger partial charge in [0.25, 0.3) is 0 Å². The number of Topliss-reactive ketones (excluding diaryl/α,β-unsaturated/α-hetero) is 1. The van der Waals surface area contributed by atoms with Crippen LogP contribution in [0.25, 0.3) is 0 Å². The lowest BCUT2D eigenvalue weighted by Gasteiger charge is -2.12. The lowest BCUT2D eigenvalue weighted by molar-refractivity contribution is -0.141. The van der Waals surface area contributed by atoms with Gasteiger partial charge < -0.3 is 18.8 Å². The van der Waals surface area contributed by atoms with Crippen molar-refractivity contribution in [1.29, 1.82) is 0 Å². The van der Waals surface area contributed by atoms with E-state index in [0.717, 1.165) is 24.4 Å². The zero-order valence-electron chi connectivity index (χ0n) is 20.0. The molecule has 3 rings (SSSR count). The minimum Gasteiger partial charge on any atom is -0.490 e. The molecule has 34 heavy (non-hydrogen) atoms. The summed E-state index contributed by atoms with van der Waals surface area (Å²) in [5.41, 5.74) is 2.30. The molecule has 9 nitrogen and oxygen atoms in total. The van der Waals surface area contributed by atoms with E-state index >= 15 is 0 Å². The molecule has 0 aliphatic carbocycles. The van der Waals surface area contributed by atoms with Crippen LogP contribution in [-0.2, 0) is 26.1 Å². The van der Waals surface area contributed by atoms with Crippen LogP contribution in [0.2, 0.25) is 0 Å². The summed E-state index contributed by atoms with van der Waals surface area (Å²) in [6.07, 6.45) is 1.68. The number of carbonyl (C=O) groups is 2. The Morgan fingerprint density at radius 3 is 2.53 bits per heavy atom. The highest BCUT2D eigenvalue weighted by Crippen LogP contribution is 2.31. The highest BCUT2D eigenvalue weighted by molar-refractivity contribution is 7.89. The van der Waals surface area contributed by atoms with Crippen LogP contribution in [0.4, 0.5) is 0 Å². The van der Waals surface area contributed by atoms with Gasteiger partial charge in [-0.25, -0.2) is 8.42 Å². The summed E-state index contributed by atoms with van der Waals surface area (Å²) in [6, 6.07) is 6.04. The van der Waals surface area contributed by atoms with Gasteiger partial charge in [0, 0.05) is 36.0 Å². The van der Waals surface area contributed by atoms with E-state index in [1.54, 1.807) is 6.07 Å². The first-order chi connectivity index (χ1) is 16.1. The molecule has 1 aromatic carbocycles. The Bertz CT molecular complexity index is 1150. The highest BCUT2D eigenvalue weighted by atomic mass is 32.2. The van der Waals surface area contributed by atoms with Gasteiger partial charge >= 0.3 is 5.97 Å². The van der Waals surface area contributed by atoms with E-state index in [1.807, 2.05) is 13.8 Å². The number of aryl methyl sites for hydroxylation is 1. The van der Waals surface area contributed by atoms with Crippen molar-refractivity contribution < 1.29 is 32.2 Å². The fourth-order valence-corrected chi connectivity index (χ4v) is 4.62. The van der Waals surface area contributed by atoms with Crippen molar-refractivity contribution in [3.05, 3.63) is 41.2 Å². The van der Waals surface area contributed by atoms with Crippen molar-refractivity contribution in [2.75, 3.05) is 26.4 Å². The minimum atomic E-state index is -3.99. The molecule has 10 heteroatoms. The van der Waals surface area contributed by atoms with Gasteiger partial charge in [-0.05, 0) is 44.4 Å². The van der Waals surface area contributed by atoms with Crippen LogP contribution in [0, 0.1) is 19.8 Å². The molecule has 1 aromatic heterocycles. The quantitative estimate of drug-likeness (QED) is 0.401. The molecule has 2 heterocycles. The van der Waals surface area contributed by atoms with E-state index in [4.69, 9.17) is 14.2 Å². The fraction of sp³-hybridized carbons (Fsp3) is 0.500. The summed E-state index contributed by atoms with van der Waals surface area (Å²) in [6.45, 7) is 8.75. The Morgan fingerprint density at radius 1 is 1.12 bits per heavy atom. The molecule has 1 aliphatic rings. The van der Waals surface area contributed by atoms with Crippen LogP contribution >= 0.6 is 0 Å². The number of carbonyl (C=O) groups excluding carboxylic acids is 2. The predicted molar refractivity (Wildman–Crippen MR) is 126 cm³/mol. The molecule has 0 spiro atoms. The van der Waals surface area contributed by atoms with Gasteiger partial charge in [-0.2, -0.15) is 4.72 Å². The highest BCUT2D eigenvalue weighted by Gasteiger charge is 2.21. The molecule has 0 amide bonds. The molecule has 186 valence electrons. The Labute approximate surface area is 200 Å². The summed E-state index contributed by atoms with van der Waals surface area (Å²) in [5.74, 6) is 0.164. The van der Waals surface area contributed by atoms with Crippen molar-refractivity contribution in [2.24, 2.45) is 5.92 Å². The van der Waals surface area contributed by atoms with E-state index in [-0.39, 0.29) is 10.7 Å². The normalized spacial score (nSPS) is 13.6. The standard InChI is InChI=1S/C24H32N2O7S/c1-16(2)8-9-26-17(3)12-20(18(26)4)21(27)15-33-24(28)14-25-34(29,30)19-6-7-22-23(13-19)32-11-5-10-31-22/h6-7,12-13,16,25H,5,8-11,14-15H2,1-4H3. The number of aromatic nitrogens is 1. The number of sulfonamides is 1. The number of esters is 1. The van der Waals surface area contributed by atoms with Crippen LogP contribution in [-0.4, -0.2) is 51.1 Å². The van der Waals surface area contributed by atoms with Crippen molar-refractivity contribution in [3.63, 3.8) is 0 Å². The molecule has 2 aromatic rings. The zero-order valence-corrected chi connectivity index (χ0v) is 20.9. The maximum absolute atomic E-state index is 12.6. The summed E-state index contributed by atoms with van der Waals surface area (Å²) < 4.78 is 45.5. The van der Waals surface area contributed by atoms with E-state index in [0.29, 0.717) is 42.6 Å². The molecular formula is C24H32N2O7S. The zero-order chi connectivity index (χ0) is 24.9. The molecule has 1 aliphatic heterocycles. The number of hydrogen-bond donors (Lipinski definition) is 1. The van der Waals surface area contributed by atoms with E-state index in [2.05, 4.69) is 23.1 Å². The Balaban J connectivity index is 1.55. The van der Waals surface area contributed by atoms with Gasteiger partial charge in [0.2, 0.25) is 15.8 Å². The van der Waals surface area contributed by atoms with E-state index < -0.39 is 29.1 Å². The number of fused-ring (bicyclic) bond motifs is 1. The smallest absolute Gasteiger partial charge is 0.321 e. The third kappa shape index (κ3) is 6.38. The number of ether oxygens (including phenoxy) is 3. The maximum Gasteiger partial charge on any atom is 0.321 e. The summed E-state index contributed by atoms with van der Waals surface area (Å²) >= 11 is 0. The van der Waals surface area contributed by atoms with Crippen molar-refractivity contribution in [2.45, 2.75) is 52.0 Å². The second-order valence-electron chi connectivity index (χ2n) is 8.69. The van der Waals surface area contributed by atoms with Crippen molar-refractivity contribution in [3.8, 4) is 11.5 Å². The van der Waals surface area contributed by atoms with Gasteiger partial charge in [0.1, 0.15) is 6.54 Å². The molecular weight excluding hydrogens is 460 g/mol. The Hall–Kier alpha value is -2.85. The lowest BCUT2D eigenvalue weighted by Crippen LogP contribution is -2.31. The molecule has 0 radical (unpaired) electrons. The monoisotopic (exact) mass is 492 g/mol. The molecule has 1 N–H and O–H groups in total. The van der Waals surface area contributed by atoms with Crippen molar-refractivity contribution >= 4 is 21.8 Å². The topological polar surface area (TPSA) is 113 Å². The van der Waals surface area contributed by atoms with E-state index in [9.17, 15) is 18.0 Å². The van der Waals surface area contributed by atoms with Gasteiger partial charge in [0.15, 0.2) is 18.1 Å². The second-order valence-corrected chi connectivity index (χ2v) is 10.5. The number of hydrogen-bond acceptors (Lipinski definition) is 7. The summed E-state index contributed by atoms with van der Waals surface area (Å²) in [5, 5.41) is 0. The fourth-order valence-electron chi connectivity index (χ4n) is 3.64. The molecule has 0 fully saturated rings. The predicted octanol–water partition coefficient (Wildman–Crippen LogP) is 3.02. The van der Waals surface area contributed by atoms with Gasteiger partial charge in [-0.1, -0.05) is 13.8 Å². The third-order valence-electron chi connectivity index (χ3n) is 5.60. The first-order valence-corrected chi connectivity index (χ1v) is 12.8. The number of ketones is 1. The summed E-state index contributed by atoms with van der Waals surface area (Å²) in [4.78, 5) is 24.7. The van der Waals surface area contributed by atoms with Crippen LogP contribution in [0.5, 0.6) is 11.5 Å². The molecule has 0 atom stereocenters. The second kappa shape index (κ2) is 11.1. The lowest BCUT2D eigenvalue weighted by atomic mass is 10.1. The van der Waals surface area contributed by atoms with Gasteiger partial charge in [-0.15, -0.1) is 0 Å². The first-order valence-electron chi connectivity index (χ1n) is 11.3. The number of nitrogens with one attached hydrogen (secondary N) is 1. The number of nitrogens with zero attached hydrogens (tertiary/aromatic N) is 1. The summed E-state index contributed by atoms with van der Waals surface area (Å²) in [7, 11) is -3.99. The molecule has 0 saturated heterocycles. The molecule has 0 bridgehead atoms. The number of benzene rings is 1. The Kier molecular flexibility index (Phi) is 8.37. The average molecular weight is 493 g/mol. The van der Waals surface area contributed by atoms with Crippen molar-refractivity contribution in [1.82, 2.24) is 9.29 Å². The molecule has 0 unspecified atom stereocenters. The maximum atomic E-state index is 12.6. The third-order valence-corrected chi connectivity index (χ3v) is 7.00. The first kappa shape index (κ1) is 25.8. The SMILES string of the molecule is Cc1cc(C(=O)COC(=O)CNS(=O)(=O)c2ccc3c(c2)OCCCO3)c(C)n1CCC(C)C. The van der Waals surface area contributed by atoms with Crippen LogP contribution in [0.3, 0.4) is 0 Å². The minimum absolute atomic E-state index is 0.0607. The average Bonchev–Trinajstić information content (AvgIpc) is 2.94. The largest absolute Gasteiger partial charge is 0.490 e. The number of rotatable bonds is 10. The van der Waals surface area contributed by atoms with Gasteiger partial charge in [0.05, 0.1) is 18.1 Å². The van der Waals surface area contributed by atoms with Crippen LogP contribution in [0.15, 0.2) is 29.2 Å². The van der Waals surface area contributed by atoms with Gasteiger partial charge in [-0.3, -0.25) is 9.59 Å².